The van der Waals surface area contributed by atoms with Gasteiger partial charge in [-0.2, -0.15) is 5.10 Å². The molecule has 0 radical (unpaired) electrons. The Bertz CT molecular complexity index is 694. The van der Waals surface area contributed by atoms with Gasteiger partial charge in [0.25, 0.3) is 5.91 Å². The molecule has 1 aromatic heterocycles. The Hall–Kier alpha value is -2.37. The first-order valence-electron chi connectivity index (χ1n) is 6.51. The maximum Gasteiger partial charge on any atom is 0.329 e. The van der Waals surface area contributed by atoms with Crippen molar-refractivity contribution in [2.24, 2.45) is 0 Å². The number of aliphatic carboxylic acids is 1. The van der Waals surface area contributed by atoms with Gasteiger partial charge in [0.05, 0.1) is 11.7 Å². The summed E-state index contributed by atoms with van der Waals surface area (Å²) in [6.45, 7) is 2.08. The van der Waals surface area contributed by atoms with Gasteiger partial charge < -0.3 is 10.0 Å². The van der Waals surface area contributed by atoms with E-state index in [0.717, 1.165) is 10.9 Å². The zero-order chi connectivity index (χ0) is 14.3. The summed E-state index contributed by atoms with van der Waals surface area (Å²) in [4.78, 5) is 25.4. The summed E-state index contributed by atoms with van der Waals surface area (Å²) >= 11 is 0. The van der Waals surface area contributed by atoms with Gasteiger partial charge in [-0.25, -0.2) is 4.79 Å². The van der Waals surface area contributed by atoms with E-state index in [-0.39, 0.29) is 5.91 Å². The number of H-pyrrole nitrogens is 1. The number of likely N-dealkylation sites (tertiary alicyclic amines) is 1. The summed E-state index contributed by atoms with van der Waals surface area (Å²) < 4.78 is 0. The normalized spacial score (nSPS) is 22.4. The molecule has 104 valence electrons. The van der Waals surface area contributed by atoms with Crippen molar-refractivity contribution < 1.29 is 14.7 Å². The van der Waals surface area contributed by atoms with Crippen LogP contribution in [0.3, 0.4) is 0 Å². The molecule has 0 aliphatic carbocycles. The number of hydrogen-bond acceptors (Lipinski definition) is 3. The summed E-state index contributed by atoms with van der Waals surface area (Å²) in [6.07, 6.45) is 2.88. The molecule has 0 bridgehead atoms. The van der Waals surface area contributed by atoms with Crippen molar-refractivity contribution in [2.45, 2.75) is 25.3 Å². The number of hydrogen-bond donors (Lipinski definition) is 2. The molecular weight excluding hydrogens is 258 g/mol. The molecule has 1 aromatic carbocycles. The van der Waals surface area contributed by atoms with Crippen molar-refractivity contribution in [2.75, 3.05) is 6.54 Å². The fraction of sp³-hybridized carbons (Fsp3) is 0.357. The maximum absolute atomic E-state index is 12.6. The van der Waals surface area contributed by atoms with Gasteiger partial charge in [0.15, 0.2) is 0 Å². The third-order valence-corrected chi connectivity index (χ3v) is 4.04. The van der Waals surface area contributed by atoms with Crippen molar-refractivity contribution in [3.63, 3.8) is 0 Å². The van der Waals surface area contributed by atoms with E-state index in [1.165, 1.54) is 4.90 Å². The topological polar surface area (TPSA) is 86.3 Å². The zero-order valence-corrected chi connectivity index (χ0v) is 11.1. The summed E-state index contributed by atoms with van der Waals surface area (Å²) in [5, 5.41) is 17.0. The number of fused-ring (bicyclic) bond motifs is 1. The molecule has 1 saturated heterocycles. The molecule has 1 atom stereocenters. The zero-order valence-electron chi connectivity index (χ0n) is 11.1. The molecule has 1 aliphatic rings. The number of nitrogens with one attached hydrogen (secondary N) is 1. The number of aromatic amines is 1. The van der Waals surface area contributed by atoms with E-state index in [2.05, 4.69) is 10.2 Å². The Morgan fingerprint density at radius 1 is 1.45 bits per heavy atom. The minimum atomic E-state index is -1.11. The van der Waals surface area contributed by atoms with Crippen LogP contribution in [0.5, 0.6) is 0 Å². The highest BCUT2D eigenvalue weighted by atomic mass is 16.4. The van der Waals surface area contributed by atoms with E-state index in [9.17, 15) is 14.7 Å². The highest BCUT2D eigenvalue weighted by molar-refractivity contribution is 6.00. The number of nitrogens with zero attached hydrogens (tertiary/aromatic N) is 2. The summed E-state index contributed by atoms with van der Waals surface area (Å²) in [5.41, 5.74) is 0.142. The van der Waals surface area contributed by atoms with Crippen molar-refractivity contribution in [3.8, 4) is 0 Å². The number of carboxylic acid groups (broad SMARTS) is 1. The van der Waals surface area contributed by atoms with E-state index >= 15 is 0 Å². The largest absolute Gasteiger partial charge is 0.480 e. The Morgan fingerprint density at radius 2 is 2.25 bits per heavy atom. The summed E-state index contributed by atoms with van der Waals surface area (Å²) in [6, 6.07) is 5.23. The molecule has 6 heteroatoms. The molecule has 2 aromatic rings. The van der Waals surface area contributed by atoms with Crippen LogP contribution >= 0.6 is 0 Å². The number of carboxylic acids is 1. The molecule has 1 aliphatic heterocycles. The van der Waals surface area contributed by atoms with E-state index in [1.54, 1.807) is 31.3 Å². The van der Waals surface area contributed by atoms with Crippen LogP contribution in [0.4, 0.5) is 0 Å². The minimum absolute atomic E-state index is 0.246. The molecule has 2 heterocycles. The van der Waals surface area contributed by atoms with E-state index in [0.29, 0.717) is 24.9 Å². The van der Waals surface area contributed by atoms with Crippen LogP contribution < -0.4 is 0 Å². The van der Waals surface area contributed by atoms with Crippen LogP contribution in [-0.2, 0) is 4.79 Å². The average molecular weight is 273 g/mol. The van der Waals surface area contributed by atoms with Gasteiger partial charge in [0.2, 0.25) is 0 Å². The Labute approximate surface area is 115 Å². The first kappa shape index (κ1) is 12.7. The second kappa shape index (κ2) is 4.33. The van der Waals surface area contributed by atoms with Crippen LogP contribution in [0, 0.1) is 0 Å². The number of carbonyl (C=O) groups excluding carboxylic acids is 1. The van der Waals surface area contributed by atoms with E-state index < -0.39 is 11.5 Å². The smallest absolute Gasteiger partial charge is 0.329 e. The van der Waals surface area contributed by atoms with Crippen LogP contribution in [0.1, 0.15) is 30.1 Å². The predicted octanol–water partition coefficient (Wildman–Crippen LogP) is 1.64. The highest BCUT2D eigenvalue weighted by Crippen LogP contribution is 2.31. The van der Waals surface area contributed by atoms with Crippen molar-refractivity contribution in [3.05, 3.63) is 30.0 Å². The Balaban J connectivity index is 1.97. The maximum atomic E-state index is 12.6. The van der Waals surface area contributed by atoms with Crippen molar-refractivity contribution in [1.29, 1.82) is 0 Å². The summed E-state index contributed by atoms with van der Waals surface area (Å²) in [5.74, 6) is -1.20. The monoisotopic (exact) mass is 273 g/mol. The van der Waals surface area contributed by atoms with Gasteiger partial charge in [-0.15, -0.1) is 0 Å². The van der Waals surface area contributed by atoms with E-state index in [4.69, 9.17) is 0 Å². The lowest BCUT2D eigenvalue weighted by atomic mass is 9.98. The second-order valence-corrected chi connectivity index (χ2v) is 5.31. The molecule has 0 saturated carbocycles. The number of benzene rings is 1. The first-order chi connectivity index (χ1) is 9.52. The lowest BCUT2D eigenvalue weighted by molar-refractivity contribution is -0.147. The van der Waals surface area contributed by atoms with Gasteiger partial charge in [-0.05, 0) is 31.9 Å². The minimum Gasteiger partial charge on any atom is -0.480 e. The predicted molar refractivity (Wildman–Crippen MR) is 72.4 cm³/mol. The molecular formula is C14H15N3O3. The second-order valence-electron chi connectivity index (χ2n) is 5.31. The molecule has 2 N–H and O–H groups in total. The molecule has 20 heavy (non-hydrogen) atoms. The number of rotatable bonds is 2. The van der Waals surface area contributed by atoms with Crippen LogP contribution in [0.2, 0.25) is 0 Å². The lowest BCUT2D eigenvalue weighted by Crippen LogP contribution is -2.50. The van der Waals surface area contributed by atoms with Crippen molar-refractivity contribution in [1.82, 2.24) is 15.1 Å². The standard InChI is InChI=1S/C14H15N3O3/c1-14(13(19)20)5-2-6-17(14)12(18)9-3-4-10-8-15-16-11(10)7-9/h3-4,7-8H,2,5-6H2,1H3,(H,15,16)(H,19,20). The molecule has 3 rings (SSSR count). The molecule has 0 spiro atoms. The average Bonchev–Trinajstić information content (AvgIpc) is 3.03. The van der Waals surface area contributed by atoms with Gasteiger partial charge in [-0.3, -0.25) is 9.89 Å². The summed E-state index contributed by atoms with van der Waals surface area (Å²) in [7, 11) is 0. The number of amides is 1. The fourth-order valence-electron chi connectivity index (χ4n) is 2.74. The lowest BCUT2D eigenvalue weighted by Gasteiger charge is -2.31. The van der Waals surface area contributed by atoms with Crippen molar-refractivity contribution >= 4 is 22.8 Å². The van der Waals surface area contributed by atoms with E-state index in [1.807, 2.05) is 0 Å². The third-order valence-electron chi connectivity index (χ3n) is 4.04. The van der Waals surface area contributed by atoms with Gasteiger partial charge in [-0.1, -0.05) is 6.07 Å². The van der Waals surface area contributed by atoms with Gasteiger partial charge in [0.1, 0.15) is 5.54 Å². The quantitative estimate of drug-likeness (QED) is 0.871. The SMILES string of the molecule is CC1(C(=O)O)CCCN1C(=O)c1ccc2cn[nH]c2c1. The molecule has 1 fully saturated rings. The molecule has 1 amide bonds. The number of aromatic nitrogens is 2. The first-order valence-corrected chi connectivity index (χ1v) is 6.51. The van der Waals surface area contributed by atoms with Crippen LogP contribution in [-0.4, -0.2) is 44.2 Å². The van der Waals surface area contributed by atoms with Crippen LogP contribution in [0.25, 0.3) is 10.9 Å². The molecule has 1 unspecified atom stereocenters. The third kappa shape index (κ3) is 1.76. The Kier molecular flexibility index (Phi) is 2.74. The van der Waals surface area contributed by atoms with Gasteiger partial charge in [0, 0.05) is 17.5 Å². The Morgan fingerprint density at radius 3 is 3.00 bits per heavy atom. The van der Waals surface area contributed by atoms with Crippen LogP contribution in [0.15, 0.2) is 24.4 Å². The fourth-order valence-corrected chi connectivity index (χ4v) is 2.74. The molecule has 6 nitrogen and oxygen atoms in total. The van der Waals surface area contributed by atoms with Gasteiger partial charge >= 0.3 is 5.97 Å². The highest BCUT2D eigenvalue weighted by Gasteiger charge is 2.46. The number of carbonyl (C=O) groups is 2.